The normalized spacial score (nSPS) is 8.64. The second-order valence-electron chi connectivity index (χ2n) is 2.44. The highest BCUT2D eigenvalue weighted by atomic mass is 35.5. The Bertz CT molecular complexity index is 267. The van der Waals surface area contributed by atoms with Crippen LogP contribution in [0.1, 0.15) is 5.56 Å². The molecule has 1 aromatic carbocycles. The van der Waals surface area contributed by atoms with E-state index in [-0.39, 0.29) is 19.0 Å². The average molecular weight is 217 g/mol. The number of benzene rings is 1. The van der Waals surface area contributed by atoms with Crippen LogP contribution in [-0.4, -0.2) is 13.1 Å². The van der Waals surface area contributed by atoms with Crippen LogP contribution in [-0.2, 0) is 11.3 Å². The molecule has 0 radical (unpaired) electrons. The maximum atomic E-state index is 10.8. The molecule has 0 saturated heterocycles. The van der Waals surface area contributed by atoms with Crippen LogP contribution in [0.5, 0.6) is 0 Å². The van der Waals surface area contributed by atoms with Gasteiger partial charge in [0.15, 0.2) is 0 Å². The highest BCUT2D eigenvalue weighted by molar-refractivity contribution is 5.85. The molecule has 0 saturated carbocycles. The van der Waals surface area contributed by atoms with Crippen molar-refractivity contribution in [2.75, 3.05) is 7.05 Å². The summed E-state index contributed by atoms with van der Waals surface area (Å²) in [6.07, 6.45) is -0.480. The molecule has 1 rings (SSSR count). The molecule has 0 aliphatic heterocycles. The van der Waals surface area contributed by atoms with Crippen molar-refractivity contribution in [3.63, 3.8) is 0 Å². The lowest BCUT2D eigenvalue weighted by Gasteiger charge is -2.04. The van der Waals surface area contributed by atoms with Crippen molar-refractivity contribution in [1.82, 2.24) is 10.9 Å². The third-order valence-electron chi connectivity index (χ3n) is 1.44. The van der Waals surface area contributed by atoms with Crippen molar-refractivity contribution in [2.45, 2.75) is 6.61 Å². The molecule has 0 atom stereocenters. The first-order chi connectivity index (χ1) is 6.33. The van der Waals surface area contributed by atoms with Gasteiger partial charge in [0.25, 0.3) is 0 Å². The summed E-state index contributed by atoms with van der Waals surface area (Å²) < 4.78 is 4.86. The number of hydrogen-bond donors (Lipinski definition) is 2. The number of amides is 1. The smallest absolute Gasteiger partial charge is 0.421 e. The van der Waals surface area contributed by atoms with Gasteiger partial charge in [-0.15, -0.1) is 12.4 Å². The number of rotatable bonds is 3. The minimum absolute atomic E-state index is 0. The van der Waals surface area contributed by atoms with E-state index in [0.29, 0.717) is 0 Å². The van der Waals surface area contributed by atoms with E-state index >= 15 is 0 Å². The number of nitrogens with one attached hydrogen (secondary N) is 2. The first-order valence-corrected chi connectivity index (χ1v) is 3.96. The van der Waals surface area contributed by atoms with Crippen LogP contribution >= 0.6 is 12.4 Å². The summed E-state index contributed by atoms with van der Waals surface area (Å²) >= 11 is 0. The average Bonchev–Trinajstić information content (AvgIpc) is 2.17. The van der Waals surface area contributed by atoms with Crippen LogP contribution in [0, 0.1) is 0 Å². The maximum Gasteiger partial charge on any atom is 0.421 e. The molecule has 1 amide bonds. The zero-order valence-electron chi connectivity index (χ0n) is 7.82. The van der Waals surface area contributed by atoms with E-state index in [9.17, 15) is 4.79 Å². The quantitative estimate of drug-likeness (QED) is 0.753. The summed E-state index contributed by atoms with van der Waals surface area (Å²) in [6, 6.07) is 9.50. The first kappa shape index (κ1) is 12.7. The van der Waals surface area contributed by atoms with Crippen molar-refractivity contribution in [3.8, 4) is 0 Å². The number of carbonyl (C=O) groups excluding carboxylic acids is 1. The Morgan fingerprint density at radius 1 is 1.36 bits per heavy atom. The lowest BCUT2D eigenvalue weighted by molar-refractivity contribution is 0.136. The fourth-order valence-electron chi connectivity index (χ4n) is 0.861. The summed E-state index contributed by atoms with van der Waals surface area (Å²) in [6.45, 7) is 0.286. The Hall–Kier alpha value is -1.26. The van der Waals surface area contributed by atoms with Gasteiger partial charge >= 0.3 is 6.09 Å². The zero-order chi connectivity index (χ0) is 9.52. The minimum Gasteiger partial charge on any atom is -0.444 e. The van der Waals surface area contributed by atoms with Gasteiger partial charge in [-0.05, 0) is 5.56 Å². The monoisotopic (exact) mass is 216 g/mol. The Morgan fingerprint density at radius 3 is 2.57 bits per heavy atom. The molecule has 0 aliphatic carbocycles. The van der Waals surface area contributed by atoms with Gasteiger partial charge in [0.2, 0.25) is 0 Å². The van der Waals surface area contributed by atoms with Crippen molar-refractivity contribution in [2.24, 2.45) is 0 Å². The summed E-state index contributed by atoms with van der Waals surface area (Å²) in [5, 5.41) is 0. The van der Waals surface area contributed by atoms with E-state index in [2.05, 4.69) is 10.9 Å². The van der Waals surface area contributed by atoms with Gasteiger partial charge in [0.05, 0.1) is 0 Å². The molecule has 78 valence electrons. The number of halogens is 1. The van der Waals surface area contributed by atoms with Gasteiger partial charge < -0.3 is 4.74 Å². The molecule has 0 aromatic heterocycles. The Morgan fingerprint density at radius 2 is 2.00 bits per heavy atom. The standard InChI is InChI=1S/C9H12N2O2.ClH/c1-10-11-9(12)13-7-8-5-3-2-4-6-8;/h2-6,10H,7H2,1H3,(H,11,12);1H. The predicted octanol–water partition coefficient (Wildman–Crippen LogP) is 1.47. The van der Waals surface area contributed by atoms with Crippen LogP contribution < -0.4 is 10.9 Å². The Labute approximate surface area is 89.0 Å². The Kier molecular flexibility index (Phi) is 6.53. The molecule has 14 heavy (non-hydrogen) atoms. The van der Waals surface area contributed by atoms with Gasteiger partial charge in [0, 0.05) is 7.05 Å². The lowest BCUT2D eigenvalue weighted by Crippen LogP contribution is -2.34. The Balaban J connectivity index is 0.00000169. The van der Waals surface area contributed by atoms with E-state index in [4.69, 9.17) is 4.74 Å². The fourth-order valence-corrected chi connectivity index (χ4v) is 0.861. The van der Waals surface area contributed by atoms with Gasteiger partial charge in [-0.1, -0.05) is 30.3 Å². The topological polar surface area (TPSA) is 50.4 Å². The van der Waals surface area contributed by atoms with Gasteiger partial charge in [-0.2, -0.15) is 0 Å². The molecule has 4 nitrogen and oxygen atoms in total. The second kappa shape index (κ2) is 7.17. The molecule has 5 heteroatoms. The third-order valence-corrected chi connectivity index (χ3v) is 1.44. The van der Waals surface area contributed by atoms with Crippen molar-refractivity contribution >= 4 is 18.5 Å². The molecule has 0 spiro atoms. The number of hydrazine groups is 1. The lowest BCUT2D eigenvalue weighted by atomic mass is 10.2. The molecule has 0 unspecified atom stereocenters. The minimum atomic E-state index is -0.480. The summed E-state index contributed by atoms with van der Waals surface area (Å²) in [4.78, 5) is 10.8. The highest BCUT2D eigenvalue weighted by Crippen LogP contribution is 1.99. The van der Waals surface area contributed by atoms with Crippen molar-refractivity contribution in [3.05, 3.63) is 35.9 Å². The summed E-state index contributed by atoms with van der Waals surface area (Å²) in [5.74, 6) is 0. The third kappa shape index (κ3) is 4.69. The van der Waals surface area contributed by atoms with Crippen molar-refractivity contribution in [1.29, 1.82) is 0 Å². The molecular weight excluding hydrogens is 204 g/mol. The van der Waals surface area contributed by atoms with Crippen molar-refractivity contribution < 1.29 is 9.53 Å². The van der Waals surface area contributed by atoms with E-state index < -0.39 is 6.09 Å². The number of carbonyl (C=O) groups is 1. The van der Waals surface area contributed by atoms with Crippen LogP contribution in [0.4, 0.5) is 4.79 Å². The zero-order valence-corrected chi connectivity index (χ0v) is 8.64. The van der Waals surface area contributed by atoms with Crippen LogP contribution in [0.15, 0.2) is 30.3 Å². The van der Waals surface area contributed by atoms with Gasteiger partial charge in [-0.25, -0.2) is 10.2 Å². The number of ether oxygens (including phenoxy) is 1. The van der Waals surface area contributed by atoms with Crippen LogP contribution in [0.3, 0.4) is 0 Å². The molecule has 0 heterocycles. The second-order valence-corrected chi connectivity index (χ2v) is 2.44. The largest absolute Gasteiger partial charge is 0.444 e. The maximum absolute atomic E-state index is 10.8. The molecule has 0 bridgehead atoms. The predicted molar refractivity (Wildman–Crippen MR) is 56.1 cm³/mol. The van der Waals surface area contributed by atoms with Crippen LogP contribution in [0.25, 0.3) is 0 Å². The molecule has 2 N–H and O–H groups in total. The molecular formula is C9H13ClN2O2. The summed E-state index contributed by atoms with van der Waals surface area (Å²) in [7, 11) is 1.60. The van der Waals surface area contributed by atoms with Crippen LogP contribution in [0.2, 0.25) is 0 Å². The van der Waals surface area contributed by atoms with Gasteiger partial charge in [0.1, 0.15) is 6.61 Å². The molecule has 1 aromatic rings. The highest BCUT2D eigenvalue weighted by Gasteiger charge is 1.98. The summed E-state index contributed by atoms with van der Waals surface area (Å²) in [5.41, 5.74) is 5.75. The van der Waals surface area contributed by atoms with E-state index in [1.165, 1.54) is 0 Å². The first-order valence-electron chi connectivity index (χ1n) is 3.96. The molecule has 0 aliphatic rings. The SMILES string of the molecule is CNNC(=O)OCc1ccccc1.Cl. The fraction of sp³-hybridized carbons (Fsp3) is 0.222. The van der Waals surface area contributed by atoms with E-state index in [1.54, 1.807) is 7.05 Å². The van der Waals surface area contributed by atoms with E-state index in [1.807, 2.05) is 30.3 Å². The molecule has 0 fully saturated rings. The van der Waals surface area contributed by atoms with Gasteiger partial charge in [-0.3, -0.25) is 5.43 Å². The van der Waals surface area contributed by atoms with E-state index in [0.717, 1.165) is 5.56 Å². The number of hydrogen-bond acceptors (Lipinski definition) is 3.